The van der Waals surface area contributed by atoms with Gasteiger partial charge < -0.3 is 25.1 Å². The van der Waals surface area contributed by atoms with Gasteiger partial charge in [-0.15, -0.1) is 0 Å². The Morgan fingerprint density at radius 2 is 2.06 bits per heavy atom. The Balaban J connectivity index is 1.56. The zero-order chi connectivity index (χ0) is 24.3. The zero-order valence-electron chi connectivity index (χ0n) is 19.5. The Labute approximate surface area is 198 Å². The van der Waals surface area contributed by atoms with Gasteiger partial charge in [0.05, 0.1) is 31.0 Å². The summed E-state index contributed by atoms with van der Waals surface area (Å²) in [6.07, 6.45) is 5.06. The molecule has 11 heteroatoms. The standard InChI is InChI=1S/C23H29N5O5S/c1-32-15-6-8-19(33-2)18(12-15)28-22-20-16-11-14(23(29)24-9-4-10-34(3,30)31)5-7-17(16)27-21(20)25-13-26-22/h6,8,12-14H,4-5,7,9-11H2,1-3H3,(H,24,29)(H2,25,26,27,28)/t14-/m0/s1. The van der Waals surface area contributed by atoms with Gasteiger partial charge in [-0.05, 0) is 43.4 Å². The average molecular weight is 488 g/mol. The van der Waals surface area contributed by atoms with Gasteiger partial charge in [0.1, 0.15) is 39.1 Å². The van der Waals surface area contributed by atoms with E-state index >= 15 is 0 Å². The highest BCUT2D eigenvalue weighted by Crippen LogP contribution is 2.37. The first-order valence-corrected chi connectivity index (χ1v) is 13.1. The molecule has 3 N–H and O–H groups in total. The first-order valence-electron chi connectivity index (χ1n) is 11.1. The molecule has 2 heterocycles. The molecule has 0 unspecified atom stereocenters. The van der Waals surface area contributed by atoms with Crippen LogP contribution in [0.25, 0.3) is 11.0 Å². The van der Waals surface area contributed by atoms with E-state index in [2.05, 4.69) is 25.6 Å². The second-order valence-electron chi connectivity index (χ2n) is 8.43. The van der Waals surface area contributed by atoms with Crippen LogP contribution in [0.3, 0.4) is 0 Å². The molecule has 3 aromatic rings. The molecule has 0 saturated carbocycles. The number of carbonyl (C=O) groups is 1. The maximum atomic E-state index is 12.8. The molecule has 0 bridgehead atoms. The monoisotopic (exact) mass is 487 g/mol. The Kier molecular flexibility index (Phi) is 6.92. The van der Waals surface area contributed by atoms with Crippen LogP contribution in [-0.2, 0) is 27.5 Å². The number of carbonyl (C=O) groups excluding carboxylic acids is 1. The van der Waals surface area contributed by atoms with Gasteiger partial charge in [-0.3, -0.25) is 4.79 Å². The van der Waals surface area contributed by atoms with Gasteiger partial charge in [-0.1, -0.05) is 0 Å². The van der Waals surface area contributed by atoms with E-state index in [1.807, 2.05) is 18.2 Å². The first-order chi connectivity index (χ1) is 16.3. The van der Waals surface area contributed by atoms with Crippen molar-refractivity contribution in [1.29, 1.82) is 0 Å². The van der Waals surface area contributed by atoms with Crippen LogP contribution in [-0.4, -0.2) is 62.0 Å². The van der Waals surface area contributed by atoms with Crippen molar-refractivity contribution in [2.45, 2.75) is 25.7 Å². The predicted molar refractivity (Wildman–Crippen MR) is 130 cm³/mol. The van der Waals surface area contributed by atoms with E-state index in [0.717, 1.165) is 23.1 Å². The second-order valence-corrected chi connectivity index (χ2v) is 10.7. The highest BCUT2D eigenvalue weighted by atomic mass is 32.2. The summed E-state index contributed by atoms with van der Waals surface area (Å²) in [4.78, 5) is 25.0. The number of benzene rings is 1. The molecule has 10 nitrogen and oxygen atoms in total. The van der Waals surface area contributed by atoms with Crippen molar-refractivity contribution in [3.8, 4) is 11.5 Å². The van der Waals surface area contributed by atoms with Gasteiger partial charge in [0.25, 0.3) is 0 Å². The minimum atomic E-state index is -3.04. The summed E-state index contributed by atoms with van der Waals surface area (Å²) in [5.41, 5.74) is 3.48. The van der Waals surface area contributed by atoms with Gasteiger partial charge in [0.2, 0.25) is 5.91 Å². The van der Waals surface area contributed by atoms with E-state index in [1.54, 1.807) is 14.2 Å². The number of hydrogen-bond acceptors (Lipinski definition) is 8. The smallest absolute Gasteiger partial charge is 0.223 e. The molecule has 1 amide bonds. The number of fused-ring (bicyclic) bond motifs is 3. The minimum Gasteiger partial charge on any atom is -0.497 e. The van der Waals surface area contributed by atoms with Gasteiger partial charge in [-0.2, -0.15) is 0 Å². The van der Waals surface area contributed by atoms with E-state index < -0.39 is 9.84 Å². The molecule has 0 radical (unpaired) electrons. The number of hydrogen-bond donors (Lipinski definition) is 3. The van der Waals surface area contributed by atoms with Crippen LogP contribution in [0, 0.1) is 5.92 Å². The Hall–Kier alpha value is -3.34. The van der Waals surface area contributed by atoms with E-state index in [1.165, 1.54) is 12.6 Å². The Bertz CT molecular complexity index is 1300. The highest BCUT2D eigenvalue weighted by Gasteiger charge is 2.29. The lowest BCUT2D eigenvalue weighted by Gasteiger charge is -2.22. The van der Waals surface area contributed by atoms with Crippen molar-refractivity contribution in [2.75, 3.05) is 38.1 Å². The van der Waals surface area contributed by atoms with Gasteiger partial charge in [-0.25, -0.2) is 18.4 Å². The largest absolute Gasteiger partial charge is 0.497 e. The molecule has 0 aliphatic heterocycles. The summed E-state index contributed by atoms with van der Waals surface area (Å²) in [5.74, 6) is 1.73. The van der Waals surface area contributed by atoms with Crippen LogP contribution in [0.4, 0.5) is 11.5 Å². The van der Waals surface area contributed by atoms with Crippen LogP contribution in [0.15, 0.2) is 24.5 Å². The van der Waals surface area contributed by atoms with Crippen molar-refractivity contribution in [3.05, 3.63) is 35.8 Å². The fraction of sp³-hybridized carbons (Fsp3) is 0.435. The number of aromatic nitrogens is 3. The third kappa shape index (κ3) is 5.24. The molecule has 4 rings (SSSR count). The van der Waals surface area contributed by atoms with E-state index in [0.29, 0.717) is 54.5 Å². The number of nitrogens with zero attached hydrogens (tertiary/aromatic N) is 2. The van der Waals surface area contributed by atoms with E-state index in [4.69, 9.17) is 9.47 Å². The molecule has 34 heavy (non-hydrogen) atoms. The zero-order valence-corrected chi connectivity index (χ0v) is 20.3. The third-order valence-corrected chi connectivity index (χ3v) is 7.03. The Morgan fingerprint density at radius 1 is 1.24 bits per heavy atom. The van der Waals surface area contributed by atoms with Gasteiger partial charge >= 0.3 is 0 Å². The number of nitrogens with one attached hydrogen (secondary N) is 3. The van der Waals surface area contributed by atoms with Crippen molar-refractivity contribution in [1.82, 2.24) is 20.3 Å². The van der Waals surface area contributed by atoms with E-state index in [-0.39, 0.29) is 17.6 Å². The topological polar surface area (TPSA) is 135 Å². The first kappa shape index (κ1) is 23.8. The van der Waals surface area contributed by atoms with Gasteiger partial charge in [0, 0.05) is 30.5 Å². The molecular formula is C23H29N5O5S. The van der Waals surface area contributed by atoms with E-state index in [9.17, 15) is 13.2 Å². The van der Waals surface area contributed by atoms with Crippen molar-refractivity contribution in [2.24, 2.45) is 5.92 Å². The lowest BCUT2D eigenvalue weighted by Crippen LogP contribution is -2.35. The van der Waals surface area contributed by atoms with Crippen LogP contribution in [0.1, 0.15) is 24.1 Å². The number of anilines is 2. The fourth-order valence-electron chi connectivity index (χ4n) is 4.29. The molecule has 0 fully saturated rings. The minimum absolute atomic E-state index is 0.0602. The lowest BCUT2D eigenvalue weighted by atomic mass is 9.86. The summed E-state index contributed by atoms with van der Waals surface area (Å²) >= 11 is 0. The molecule has 1 atom stereocenters. The quantitative estimate of drug-likeness (QED) is 0.392. The maximum absolute atomic E-state index is 12.8. The highest BCUT2D eigenvalue weighted by molar-refractivity contribution is 7.90. The number of amides is 1. The number of rotatable bonds is 9. The second kappa shape index (κ2) is 9.88. The fourth-order valence-corrected chi connectivity index (χ4v) is 4.96. The number of methoxy groups -OCH3 is 2. The Morgan fingerprint density at radius 3 is 2.79 bits per heavy atom. The van der Waals surface area contributed by atoms with Crippen LogP contribution < -0.4 is 20.1 Å². The van der Waals surface area contributed by atoms with Crippen LogP contribution in [0.2, 0.25) is 0 Å². The molecule has 1 aliphatic carbocycles. The normalized spacial score (nSPS) is 15.6. The SMILES string of the molecule is COc1ccc(OC)c(Nc2ncnc3[nH]c4c(c23)C[C@@H](C(=O)NCCCS(C)(=O)=O)CC4)c1. The summed E-state index contributed by atoms with van der Waals surface area (Å²) in [5, 5.41) is 7.08. The van der Waals surface area contributed by atoms with Gasteiger partial charge in [0.15, 0.2) is 0 Å². The van der Waals surface area contributed by atoms with Crippen LogP contribution >= 0.6 is 0 Å². The van der Waals surface area contributed by atoms with Crippen molar-refractivity contribution < 1.29 is 22.7 Å². The summed E-state index contributed by atoms with van der Waals surface area (Å²) < 4.78 is 33.4. The molecular weight excluding hydrogens is 458 g/mol. The number of ether oxygens (including phenoxy) is 2. The maximum Gasteiger partial charge on any atom is 0.223 e. The molecule has 1 aliphatic rings. The molecule has 1 aromatic carbocycles. The average Bonchev–Trinajstić information content (AvgIpc) is 3.19. The number of aromatic amines is 1. The van der Waals surface area contributed by atoms with Crippen molar-refractivity contribution >= 4 is 38.3 Å². The predicted octanol–water partition coefficient (Wildman–Crippen LogP) is 2.37. The summed E-state index contributed by atoms with van der Waals surface area (Å²) in [6.45, 7) is 0.342. The summed E-state index contributed by atoms with van der Waals surface area (Å²) in [7, 11) is 0.161. The number of sulfone groups is 1. The third-order valence-electron chi connectivity index (χ3n) is 6.00. The molecule has 0 spiro atoms. The molecule has 2 aromatic heterocycles. The van der Waals surface area contributed by atoms with Crippen molar-refractivity contribution in [3.63, 3.8) is 0 Å². The molecule has 0 saturated heterocycles. The summed E-state index contributed by atoms with van der Waals surface area (Å²) in [6, 6.07) is 5.46. The van der Waals surface area contributed by atoms with Crippen LogP contribution in [0.5, 0.6) is 11.5 Å². The molecule has 182 valence electrons. The number of H-pyrrole nitrogens is 1. The number of aryl methyl sites for hydroxylation is 1. The lowest BCUT2D eigenvalue weighted by molar-refractivity contribution is -0.125.